The van der Waals surface area contributed by atoms with Gasteiger partial charge in [0.2, 0.25) is 0 Å². The van der Waals surface area contributed by atoms with E-state index in [0.717, 1.165) is 67.4 Å². The zero-order valence-corrected chi connectivity index (χ0v) is 23.4. The van der Waals surface area contributed by atoms with Crippen LogP contribution in [-0.4, -0.2) is 72.4 Å². The van der Waals surface area contributed by atoms with Crippen LogP contribution in [0.2, 0.25) is 0 Å². The summed E-state index contributed by atoms with van der Waals surface area (Å²) in [6, 6.07) is 0. The Bertz CT molecular complexity index is 859. The number of β-amino-alcohol motifs (C(OH)–C–C–N with tert-alkyl or cyclic N) is 1. The third-order valence-corrected chi connectivity index (χ3v) is 13.4. The molecule has 0 amide bonds. The van der Waals surface area contributed by atoms with E-state index in [0.29, 0.717) is 23.4 Å². The molecule has 5 fully saturated rings. The van der Waals surface area contributed by atoms with Gasteiger partial charge < -0.3 is 15.2 Å². The Kier molecular flexibility index (Phi) is 7.28. The van der Waals surface area contributed by atoms with Gasteiger partial charge in [0.25, 0.3) is 0 Å². The number of carbonyl (C=O) groups excluding carboxylic acids is 1. The van der Waals surface area contributed by atoms with Crippen molar-refractivity contribution < 1.29 is 14.6 Å². The van der Waals surface area contributed by atoms with Crippen LogP contribution in [0.15, 0.2) is 11.6 Å². The number of cyclic esters (lactones) is 1. The van der Waals surface area contributed by atoms with Crippen LogP contribution in [0.25, 0.3) is 0 Å². The van der Waals surface area contributed by atoms with Gasteiger partial charge in [0, 0.05) is 49.8 Å². The van der Waals surface area contributed by atoms with Crippen LogP contribution in [0, 0.1) is 40.4 Å². The zero-order valence-electron chi connectivity index (χ0n) is 22.6. The zero-order chi connectivity index (χ0) is 24.9. The molecule has 2 aliphatic heterocycles. The summed E-state index contributed by atoms with van der Waals surface area (Å²) >= 11 is 2.07. The predicted molar refractivity (Wildman–Crippen MR) is 146 cm³/mol. The second-order valence-electron chi connectivity index (χ2n) is 13.6. The van der Waals surface area contributed by atoms with E-state index in [4.69, 9.17) is 4.74 Å². The molecule has 202 valence electrons. The predicted octanol–water partition coefficient (Wildman–Crippen LogP) is 4.50. The van der Waals surface area contributed by atoms with Gasteiger partial charge in [0.15, 0.2) is 0 Å². The molecule has 2 N–H and O–H groups in total. The maximum Gasteiger partial charge on any atom is 0.331 e. The molecule has 4 saturated carbocycles. The topological polar surface area (TPSA) is 61.8 Å². The summed E-state index contributed by atoms with van der Waals surface area (Å²) in [5.74, 6) is 4.77. The molecule has 6 heteroatoms. The fourth-order valence-electron chi connectivity index (χ4n) is 10.1. The fourth-order valence-corrected chi connectivity index (χ4v) is 11.3. The van der Waals surface area contributed by atoms with E-state index in [1.54, 1.807) is 0 Å². The Labute approximate surface area is 222 Å². The summed E-state index contributed by atoms with van der Waals surface area (Å²) in [6.45, 7) is 10.8. The van der Waals surface area contributed by atoms with Crippen molar-refractivity contribution in [3.63, 3.8) is 0 Å². The number of ether oxygens (including phenoxy) is 1. The number of hydrogen-bond donors (Lipinski definition) is 2. The van der Waals surface area contributed by atoms with Crippen molar-refractivity contribution in [1.29, 1.82) is 0 Å². The molecule has 0 aromatic carbocycles. The third kappa shape index (κ3) is 4.60. The maximum atomic E-state index is 11.8. The van der Waals surface area contributed by atoms with Gasteiger partial charge in [-0.3, -0.25) is 4.90 Å². The molecule has 2 heterocycles. The molecule has 5 nitrogen and oxygen atoms in total. The number of carbonyl (C=O) groups is 1. The minimum absolute atomic E-state index is 0.121. The Hall–Kier alpha value is -0.560. The van der Waals surface area contributed by atoms with Crippen molar-refractivity contribution >= 4 is 17.7 Å². The molecule has 0 spiro atoms. The van der Waals surface area contributed by atoms with Gasteiger partial charge in [-0.2, -0.15) is 11.8 Å². The molecule has 0 radical (unpaired) electrons. The number of nitrogens with one attached hydrogen (secondary N) is 1. The van der Waals surface area contributed by atoms with Crippen LogP contribution >= 0.6 is 11.8 Å². The van der Waals surface area contributed by atoms with Crippen LogP contribution in [0.5, 0.6) is 0 Å². The summed E-state index contributed by atoms with van der Waals surface area (Å²) in [7, 11) is 0. The lowest BCUT2D eigenvalue weighted by Crippen LogP contribution is -2.53. The number of fused-ring (bicyclic) bond motifs is 5. The van der Waals surface area contributed by atoms with Crippen molar-refractivity contribution in [2.75, 3.05) is 45.1 Å². The molecular formula is C30H48N2O3S. The van der Waals surface area contributed by atoms with Gasteiger partial charge in [0.05, 0.1) is 6.10 Å². The second kappa shape index (κ2) is 10.2. The standard InChI is InChI=1S/C30H48N2O3S/c1-29-9-7-23(36-19-22(33)17-32-13-11-31-12-14-32)16-21(29)3-4-24-26-6-5-25(20-15-28(34)35-18-20)30(26,2)10-8-27(24)29/h15,21-27,31,33H,3-14,16-19H2,1-2H3/t21-,22?,23+,24+,25-,26+,27+,29+,30-/m1/s1. The quantitative estimate of drug-likeness (QED) is 0.507. The summed E-state index contributed by atoms with van der Waals surface area (Å²) in [5, 5.41) is 14.8. The van der Waals surface area contributed by atoms with Crippen LogP contribution in [-0.2, 0) is 9.53 Å². The summed E-state index contributed by atoms with van der Waals surface area (Å²) in [5.41, 5.74) is 2.16. The highest BCUT2D eigenvalue weighted by molar-refractivity contribution is 7.99. The normalized spacial score (nSPS) is 45.9. The summed E-state index contributed by atoms with van der Waals surface area (Å²) < 4.78 is 5.32. The van der Waals surface area contributed by atoms with Gasteiger partial charge in [-0.15, -0.1) is 0 Å². The van der Waals surface area contributed by atoms with Gasteiger partial charge in [-0.1, -0.05) is 13.8 Å². The molecule has 1 saturated heterocycles. The lowest BCUT2D eigenvalue weighted by Gasteiger charge is -2.61. The van der Waals surface area contributed by atoms with Crippen LogP contribution in [0.3, 0.4) is 0 Å². The molecule has 36 heavy (non-hydrogen) atoms. The molecule has 0 bridgehead atoms. The first-order valence-electron chi connectivity index (χ1n) is 15.0. The van der Waals surface area contributed by atoms with E-state index in [-0.39, 0.29) is 12.1 Å². The maximum absolute atomic E-state index is 11.8. The number of aliphatic hydroxyl groups is 1. The highest BCUT2D eigenvalue weighted by atomic mass is 32.2. The smallest absolute Gasteiger partial charge is 0.331 e. The number of aliphatic hydroxyl groups excluding tert-OH is 1. The molecule has 0 aromatic heterocycles. The van der Waals surface area contributed by atoms with Gasteiger partial charge in [-0.25, -0.2) is 4.79 Å². The number of nitrogens with zero attached hydrogens (tertiary/aromatic N) is 1. The molecule has 6 rings (SSSR count). The third-order valence-electron chi connectivity index (χ3n) is 12.0. The summed E-state index contributed by atoms with van der Waals surface area (Å²) in [6.07, 6.45) is 13.8. The van der Waals surface area contributed by atoms with Gasteiger partial charge in [-0.05, 0) is 104 Å². The Morgan fingerprint density at radius 1 is 1.08 bits per heavy atom. The van der Waals surface area contributed by atoms with Crippen molar-refractivity contribution in [3.8, 4) is 0 Å². The SMILES string of the molecule is C[C@]12CC[C@H](SCC(O)CN3CCNCC3)C[C@H]1CC[C@@H]1[C@@H]2CC[C@]2(C)[C@@H](C3=CC(=O)OC3)CC[C@@H]12. The molecule has 1 unspecified atom stereocenters. The first-order chi connectivity index (χ1) is 17.4. The van der Waals surface area contributed by atoms with E-state index < -0.39 is 0 Å². The van der Waals surface area contributed by atoms with Crippen molar-refractivity contribution in [1.82, 2.24) is 10.2 Å². The fraction of sp³-hybridized carbons (Fsp3) is 0.900. The van der Waals surface area contributed by atoms with Crippen molar-refractivity contribution in [2.45, 2.75) is 83.0 Å². The first-order valence-corrected chi connectivity index (χ1v) is 16.0. The number of piperazine rings is 1. The largest absolute Gasteiger partial charge is 0.458 e. The number of hydrogen-bond acceptors (Lipinski definition) is 6. The molecular weight excluding hydrogens is 468 g/mol. The van der Waals surface area contributed by atoms with E-state index in [2.05, 4.69) is 35.8 Å². The highest BCUT2D eigenvalue weighted by Gasteiger charge is 2.60. The van der Waals surface area contributed by atoms with Crippen LogP contribution < -0.4 is 5.32 Å². The van der Waals surface area contributed by atoms with Crippen LogP contribution in [0.1, 0.15) is 71.6 Å². The Morgan fingerprint density at radius 2 is 1.86 bits per heavy atom. The number of esters is 1. The van der Waals surface area contributed by atoms with Crippen molar-refractivity contribution in [3.05, 3.63) is 11.6 Å². The van der Waals surface area contributed by atoms with E-state index in [9.17, 15) is 9.90 Å². The minimum atomic E-state index is -0.195. The van der Waals surface area contributed by atoms with Crippen molar-refractivity contribution in [2.24, 2.45) is 40.4 Å². The van der Waals surface area contributed by atoms with E-state index in [1.807, 2.05) is 6.08 Å². The average molecular weight is 517 g/mol. The van der Waals surface area contributed by atoms with Gasteiger partial charge in [0.1, 0.15) is 6.61 Å². The van der Waals surface area contributed by atoms with Crippen LogP contribution in [0.4, 0.5) is 0 Å². The molecule has 6 aliphatic rings. The summed E-state index contributed by atoms with van der Waals surface area (Å²) in [4.78, 5) is 14.2. The number of rotatable bonds is 6. The second-order valence-corrected chi connectivity index (χ2v) is 14.9. The van der Waals surface area contributed by atoms with E-state index in [1.165, 1.54) is 63.4 Å². The molecule has 0 aromatic rings. The lowest BCUT2D eigenvalue weighted by molar-refractivity contribution is -0.135. The van der Waals surface area contributed by atoms with E-state index >= 15 is 0 Å². The average Bonchev–Trinajstić information content (AvgIpc) is 3.45. The Balaban J connectivity index is 1.06. The lowest BCUT2D eigenvalue weighted by atomic mass is 9.44. The highest BCUT2D eigenvalue weighted by Crippen LogP contribution is 2.68. The number of thioether (sulfide) groups is 1. The van der Waals surface area contributed by atoms with Gasteiger partial charge >= 0.3 is 5.97 Å². The molecule has 9 atom stereocenters. The Morgan fingerprint density at radius 3 is 2.64 bits per heavy atom. The minimum Gasteiger partial charge on any atom is -0.458 e. The monoisotopic (exact) mass is 516 g/mol. The molecule has 4 aliphatic carbocycles. The first kappa shape index (κ1) is 25.7.